The zero-order valence-electron chi connectivity index (χ0n) is 10.0. The highest BCUT2D eigenvalue weighted by Gasteiger charge is 2.33. The number of carbonyl (C=O) groups excluding carboxylic acids is 1. The number of hydrogen-bond acceptors (Lipinski definition) is 4. The summed E-state index contributed by atoms with van der Waals surface area (Å²) in [5, 5.41) is 1.45. The SMILES string of the molecule is O=C1CCNN1S(=O)(=O)c1cccc2ccccc12. The van der Waals surface area contributed by atoms with Crippen LogP contribution < -0.4 is 5.43 Å². The Morgan fingerprint density at radius 2 is 1.79 bits per heavy atom. The molecule has 1 saturated heterocycles. The summed E-state index contributed by atoms with van der Waals surface area (Å²) in [7, 11) is -3.84. The van der Waals surface area contributed by atoms with Gasteiger partial charge in [-0.15, -0.1) is 0 Å². The van der Waals surface area contributed by atoms with Crippen LogP contribution in [0.1, 0.15) is 6.42 Å². The van der Waals surface area contributed by atoms with Gasteiger partial charge in [0.25, 0.3) is 15.9 Å². The molecule has 0 aromatic heterocycles. The maximum atomic E-state index is 12.5. The third-order valence-electron chi connectivity index (χ3n) is 3.09. The van der Waals surface area contributed by atoms with Crippen molar-refractivity contribution in [2.75, 3.05) is 6.54 Å². The summed E-state index contributed by atoms with van der Waals surface area (Å²) >= 11 is 0. The normalized spacial score (nSPS) is 16.2. The van der Waals surface area contributed by atoms with Crippen molar-refractivity contribution in [1.29, 1.82) is 0 Å². The van der Waals surface area contributed by atoms with E-state index in [1.54, 1.807) is 18.2 Å². The molecule has 1 N–H and O–H groups in total. The van der Waals surface area contributed by atoms with Crippen molar-refractivity contribution >= 4 is 26.7 Å². The lowest BCUT2D eigenvalue weighted by Crippen LogP contribution is -2.39. The average Bonchev–Trinajstić information content (AvgIpc) is 2.85. The van der Waals surface area contributed by atoms with Gasteiger partial charge in [-0.05, 0) is 11.5 Å². The molecular weight excluding hydrogens is 264 g/mol. The van der Waals surface area contributed by atoms with Crippen LogP contribution in [0.3, 0.4) is 0 Å². The number of benzene rings is 2. The molecule has 0 bridgehead atoms. The van der Waals surface area contributed by atoms with E-state index in [2.05, 4.69) is 5.43 Å². The quantitative estimate of drug-likeness (QED) is 0.897. The lowest BCUT2D eigenvalue weighted by molar-refractivity contribution is -0.124. The fourth-order valence-electron chi connectivity index (χ4n) is 2.19. The maximum Gasteiger partial charge on any atom is 0.280 e. The molecule has 3 rings (SSSR count). The highest BCUT2D eigenvalue weighted by Crippen LogP contribution is 2.26. The molecule has 1 heterocycles. The standard InChI is InChI=1S/C13H12N2O3S/c16-13-8-9-14-15(13)19(17,18)12-7-3-5-10-4-1-2-6-11(10)12/h1-7,14H,8-9H2. The number of fused-ring (bicyclic) bond motifs is 1. The highest BCUT2D eigenvalue weighted by molar-refractivity contribution is 7.89. The molecule has 98 valence electrons. The first-order valence-electron chi connectivity index (χ1n) is 5.90. The van der Waals surface area contributed by atoms with E-state index in [0.29, 0.717) is 11.9 Å². The second kappa shape index (κ2) is 4.32. The van der Waals surface area contributed by atoms with Crippen LogP contribution in [0, 0.1) is 0 Å². The van der Waals surface area contributed by atoms with Crippen molar-refractivity contribution in [3.05, 3.63) is 42.5 Å². The number of amides is 1. The van der Waals surface area contributed by atoms with Crippen molar-refractivity contribution in [1.82, 2.24) is 9.84 Å². The van der Waals surface area contributed by atoms with E-state index in [1.807, 2.05) is 18.2 Å². The van der Waals surface area contributed by atoms with Crippen LogP contribution in [-0.4, -0.2) is 25.3 Å². The van der Waals surface area contributed by atoms with Gasteiger partial charge in [-0.2, -0.15) is 12.8 Å². The molecule has 0 spiro atoms. The molecule has 6 heteroatoms. The average molecular weight is 276 g/mol. The van der Waals surface area contributed by atoms with E-state index >= 15 is 0 Å². The Hall–Kier alpha value is -1.92. The van der Waals surface area contributed by atoms with Gasteiger partial charge in [0.1, 0.15) is 0 Å². The molecule has 1 aliphatic rings. The molecule has 0 aliphatic carbocycles. The minimum absolute atomic E-state index is 0.147. The van der Waals surface area contributed by atoms with Crippen LogP contribution in [0.2, 0.25) is 0 Å². The molecule has 0 atom stereocenters. The maximum absolute atomic E-state index is 12.5. The second-order valence-electron chi connectivity index (χ2n) is 4.30. The Balaban J connectivity index is 2.21. The Kier molecular flexibility index (Phi) is 2.76. The van der Waals surface area contributed by atoms with Gasteiger partial charge in [0.15, 0.2) is 0 Å². The van der Waals surface area contributed by atoms with Gasteiger partial charge in [-0.3, -0.25) is 4.79 Å². The monoisotopic (exact) mass is 276 g/mol. The molecule has 19 heavy (non-hydrogen) atoms. The van der Waals surface area contributed by atoms with E-state index in [-0.39, 0.29) is 11.3 Å². The summed E-state index contributed by atoms with van der Waals surface area (Å²) in [5.41, 5.74) is 2.61. The van der Waals surface area contributed by atoms with Crippen molar-refractivity contribution in [3.8, 4) is 0 Å². The Labute approximate surface area is 110 Å². The lowest BCUT2D eigenvalue weighted by Gasteiger charge is -2.17. The topological polar surface area (TPSA) is 66.5 Å². The summed E-state index contributed by atoms with van der Waals surface area (Å²) in [6.45, 7) is 0.350. The molecule has 2 aromatic carbocycles. The number of hydrazine groups is 1. The molecular formula is C13H12N2O3S. The summed E-state index contributed by atoms with van der Waals surface area (Å²) < 4.78 is 25.7. The number of sulfonamides is 1. The van der Waals surface area contributed by atoms with E-state index < -0.39 is 15.9 Å². The lowest BCUT2D eigenvalue weighted by atomic mass is 10.1. The van der Waals surface area contributed by atoms with Crippen molar-refractivity contribution < 1.29 is 13.2 Å². The first-order valence-corrected chi connectivity index (χ1v) is 7.34. The zero-order valence-corrected chi connectivity index (χ0v) is 10.9. The summed E-state index contributed by atoms with van der Waals surface area (Å²) in [4.78, 5) is 11.8. The van der Waals surface area contributed by atoms with E-state index in [9.17, 15) is 13.2 Å². The van der Waals surface area contributed by atoms with Crippen molar-refractivity contribution in [2.24, 2.45) is 0 Å². The van der Waals surface area contributed by atoms with E-state index in [1.165, 1.54) is 6.07 Å². The van der Waals surface area contributed by atoms with Crippen LogP contribution in [0.4, 0.5) is 0 Å². The number of nitrogens with zero attached hydrogens (tertiary/aromatic N) is 1. The first-order chi connectivity index (χ1) is 9.10. The zero-order chi connectivity index (χ0) is 13.5. The summed E-state index contributed by atoms with van der Waals surface area (Å²) in [6, 6.07) is 12.2. The van der Waals surface area contributed by atoms with Crippen LogP contribution >= 0.6 is 0 Å². The molecule has 5 nitrogen and oxygen atoms in total. The third-order valence-corrected chi connectivity index (χ3v) is 4.81. The molecule has 1 fully saturated rings. The molecule has 1 amide bonds. The van der Waals surface area contributed by atoms with Gasteiger partial charge in [0.05, 0.1) is 4.90 Å². The molecule has 0 saturated carbocycles. The first kappa shape index (κ1) is 12.1. The molecule has 0 radical (unpaired) electrons. The van der Waals surface area contributed by atoms with Crippen LogP contribution in [0.15, 0.2) is 47.4 Å². The van der Waals surface area contributed by atoms with Gasteiger partial charge < -0.3 is 0 Å². The fraction of sp³-hybridized carbons (Fsp3) is 0.154. The number of carbonyl (C=O) groups is 1. The molecule has 2 aromatic rings. The third kappa shape index (κ3) is 1.89. The van der Waals surface area contributed by atoms with Crippen LogP contribution in [0.5, 0.6) is 0 Å². The van der Waals surface area contributed by atoms with Gasteiger partial charge in [0.2, 0.25) is 0 Å². The van der Waals surface area contributed by atoms with Crippen LogP contribution in [0.25, 0.3) is 10.8 Å². The Morgan fingerprint density at radius 1 is 1.05 bits per heavy atom. The number of nitrogens with one attached hydrogen (secondary N) is 1. The number of hydrogen-bond donors (Lipinski definition) is 1. The van der Waals surface area contributed by atoms with Crippen molar-refractivity contribution in [2.45, 2.75) is 11.3 Å². The van der Waals surface area contributed by atoms with Gasteiger partial charge in [-0.1, -0.05) is 36.4 Å². The van der Waals surface area contributed by atoms with Gasteiger partial charge in [0, 0.05) is 18.4 Å². The second-order valence-corrected chi connectivity index (χ2v) is 6.05. The molecule has 1 aliphatic heterocycles. The minimum atomic E-state index is -3.84. The minimum Gasteiger partial charge on any atom is -0.272 e. The van der Waals surface area contributed by atoms with Gasteiger partial charge >= 0.3 is 0 Å². The number of rotatable bonds is 2. The Morgan fingerprint density at radius 3 is 2.53 bits per heavy atom. The summed E-state index contributed by atoms with van der Waals surface area (Å²) in [6.07, 6.45) is 0.198. The predicted molar refractivity (Wildman–Crippen MR) is 70.6 cm³/mol. The van der Waals surface area contributed by atoms with Crippen LogP contribution in [-0.2, 0) is 14.8 Å². The predicted octanol–water partition coefficient (Wildman–Crippen LogP) is 1.27. The van der Waals surface area contributed by atoms with E-state index in [4.69, 9.17) is 0 Å². The van der Waals surface area contributed by atoms with Crippen molar-refractivity contribution in [3.63, 3.8) is 0 Å². The fourth-order valence-corrected chi connectivity index (χ4v) is 3.72. The largest absolute Gasteiger partial charge is 0.280 e. The van der Waals surface area contributed by atoms with E-state index in [0.717, 1.165) is 9.80 Å². The Bertz CT molecular complexity index is 750. The molecule has 0 unspecified atom stereocenters. The van der Waals surface area contributed by atoms with Gasteiger partial charge in [-0.25, -0.2) is 5.43 Å². The highest BCUT2D eigenvalue weighted by atomic mass is 32.2. The summed E-state index contributed by atoms with van der Waals surface area (Å²) in [5.74, 6) is -0.423. The smallest absolute Gasteiger partial charge is 0.272 e.